The number of rotatable bonds is 5. The van der Waals surface area contributed by atoms with Crippen LogP contribution in [0.2, 0.25) is 5.02 Å². The minimum atomic E-state index is -0.605. The van der Waals surface area contributed by atoms with Crippen molar-refractivity contribution in [2.75, 3.05) is 11.4 Å². The predicted octanol–water partition coefficient (Wildman–Crippen LogP) is 2.25. The zero-order chi connectivity index (χ0) is 16.3. The van der Waals surface area contributed by atoms with E-state index in [4.69, 9.17) is 17.3 Å². The maximum atomic E-state index is 13.2. The number of carbonyl (C=O) groups is 2. The Labute approximate surface area is 145 Å². The molecule has 1 fully saturated rings. The molecule has 23 heavy (non-hydrogen) atoms. The Kier molecular flexibility index (Phi) is 7.25. The third kappa shape index (κ3) is 4.56. The van der Waals surface area contributed by atoms with Crippen LogP contribution in [0.25, 0.3) is 0 Å². The monoisotopic (exact) mass is 363 g/mol. The molecule has 1 heterocycles. The van der Waals surface area contributed by atoms with Crippen molar-refractivity contribution in [2.24, 2.45) is 5.73 Å². The fourth-order valence-corrected chi connectivity index (χ4v) is 2.62. The lowest BCUT2D eigenvalue weighted by Crippen LogP contribution is -2.48. The van der Waals surface area contributed by atoms with Crippen LogP contribution in [-0.4, -0.2) is 30.4 Å². The third-order valence-electron chi connectivity index (χ3n) is 3.67. The van der Waals surface area contributed by atoms with Crippen molar-refractivity contribution in [3.63, 3.8) is 0 Å². The number of hydrogen-bond acceptors (Lipinski definition) is 3. The van der Waals surface area contributed by atoms with Gasteiger partial charge in [0.15, 0.2) is 0 Å². The molecule has 8 heteroatoms. The molecule has 1 aromatic carbocycles. The summed E-state index contributed by atoms with van der Waals surface area (Å²) in [6, 6.07) is 2.91. The van der Waals surface area contributed by atoms with Gasteiger partial charge in [-0.3, -0.25) is 9.59 Å². The Bertz CT molecular complexity index is 586. The molecule has 0 bridgehead atoms. The first-order valence-corrected chi connectivity index (χ1v) is 7.64. The molecule has 0 aromatic heterocycles. The van der Waals surface area contributed by atoms with E-state index in [1.54, 1.807) is 0 Å². The van der Waals surface area contributed by atoms with Gasteiger partial charge in [-0.25, -0.2) is 4.39 Å². The Hall–Kier alpha value is -1.37. The summed E-state index contributed by atoms with van der Waals surface area (Å²) in [5.41, 5.74) is 6.26. The van der Waals surface area contributed by atoms with Crippen LogP contribution in [0.4, 0.5) is 10.1 Å². The van der Waals surface area contributed by atoms with Gasteiger partial charge in [-0.05, 0) is 31.0 Å². The summed E-state index contributed by atoms with van der Waals surface area (Å²) in [4.78, 5) is 25.7. The minimum Gasteiger partial charge on any atom is -0.343 e. The van der Waals surface area contributed by atoms with Gasteiger partial charge in [0.2, 0.25) is 11.8 Å². The van der Waals surface area contributed by atoms with Crippen LogP contribution in [0.15, 0.2) is 18.2 Å². The van der Waals surface area contributed by atoms with Crippen LogP contribution in [0.3, 0.4) is 0 Å². The van der Waals surface area contributed by atoms with Crippen LogP contribution < -0.4 is 16.0 Å². The highest BCUT2D eigenvalue weighted by Gasteiger charge is 2.34. The molecule has 1 saturated heterocycles. The summed E-state index contributed by atoms with van der Waals surface area (Å²) in [6.45, 7) is 2.38. The summed E-state index contributed by atoms with van der Waals surface area (Å²) < 4.78 is 13.2. The van der Waals surface area contributed by atoms with Gasteiger partial charge < -0.3 is 16.0 Å². The SMILES string of the molecule is CCCC(N)C(=O)NC1CCN(c2ccc(F)c(Cl)c2)C1=O.Cl. The number of nitrogens with one attached hydrogen (secondary N) is 1. The van der Waals surface area contributed by atoms with E-state index in [-0.39, 0.29) is 29.2 Å². The lowest BCUT2D eigenvalue weighted by Gasteiger charge is -2.18. The number of anilines is 1. The molecule has 0 saturated carbocycles. The molecule has 128 valence electrons. The summed E-state index contributed by atoms with van der Waals surface area (Å²) in [6.07, 6.45) is 1.86. The van der Waals surface area contributed by atoms with Crippen molar-refractivity contribution in [3.8, 4) is 0 Å². The average Bonchev–Trinajstić information content (AvgIpc) is 2.83. The summed E-state index contributed by atoms with van der Waals surface area (Å²) in [7, 11) is 0. The molecule has 3 N–H and O–H groups in total. The maximum absolute atomic E-state index is 13.2. The van der Waals surface area contributed by atoms with Gasteiger partial charge in [-0.1, -0.05) is 24.9 Å². The van der Waals surface area contributed by atoms with E-state index in [1.165, 1.54) is 23.1 Å². The molecule has 1 aliphatic heterocycles. The molecule has 1 aromatic rings. The van der Waals surface area contributed by atoms with E-state index in [0.717, 1.165) is 6.42 Å². The Balaban J connectivity index is 0.00000264. The van der Waals surface area contributed by atoms with Gasteiger partial charge in [0.1, 0.15) is 11.9 Å². The van der Waals surface area contributed by atoms with Crippen LogP contribution in [0.1, 0.15) is 26.2 Å². The van der Waals surface area contributed by atoms with Crippen LogP contribution >= 0.6 is 24.0 Å². The van der Waals surface area contributed by atoms with Crippen molar-refractivity contribution < 1.29 is 14.0 Å². The second-order valence-electron chi connectivity index (χ2n) is 5.33. The highest BCUT2D eigenvalue weighted by molar-refractivity contribution is 6.31. The molecule has 2 atom stereocenters. The first kappa shape index (κ1) is 19.7. The minimum absolute atomic E-state index is 0. The van der Waals surface area contributed by atoms with Crippen molar-refractivity contribution >= 4 is 41.5 Å². The van der Waals surface area contributed by atoms with Gasteiger partial charge in [0.05, 0.1) is 11.1 Å². The van der Waals surface area contributed by atoms with Crippen molar-refractivity contribution in [1.29, 1.82) is 0 Å². The van der Waals surface area contributed by atoms with Gasteiger partial charge in [-0.2, -0.15) is 0 Å². The highest BCUT2D eigenvalue weighted by Crippen LogP contribution is 2.26. The Morgan fingerprint density at radius 1 is 1.57 bits per heavy atom. The summed E-state index contributed by atoms with van der Waals surface area (Å²) in [5.74, 6) is -1.09. The zero-order valence-electron chi connectivity index (χ0n) is 12.7. The standard InChI is InChI=1S/C15H19ClFN3O2.ClH/c1-2-3-12(18)14(21)19-13-6-7-20(15(13)22)9-4-5-11(17)10(16)8-9;/h4-5,8,12-13H,2-3,6-7,18H2,1H3,(H,19,21);1H. The smallest absolute Gasteiger partial charge is 0.249 e. The molecular weight excluding hydrogens is 344 g/mol. The van der Waals surface area contributed by atoms with Crippen molar-refractivity contribution in [2.45, 2.75) is 38.3 Å². The molecule has 1 aliphatic rings. The van der Waals surface area contributed by atoms with Gasteiger partial charge in [0, 0.05) is 12.2 Å². The predicted molar refractivity (Wildman–Crippen MR) is 90.4 cm³/mol. The first-order chi connectivity index (χ1) is 10.4. The molecule has 0 spiro atoms. The van der Waals surface area contributed by atoms with Crippen molar-refractivity contribution in [3.05, 3.63) is 29.0 Å². The number of carbonyl (C=O) groups excluding carboxylic acids is 2. The number of hydrogen-bond donors (Lipinski definition) is 2. The van der Waals surface area contributed by atoms with E-state index in [9.17, 15) is 14.0 Å². The van der Waals surface area contributed by atoms with Gasteiger partial charge >= 0.3 is 0 Å². The second kappa shape index (κ2) is 8.47. The molecule has 0 aliphatic carbocycles. The van der Waals surface area contributed by atoms with E-state index < -0.39 is 17.9 Å². The molecule has 2 rings (SSSR count). The third-order valence-corrected chi connectivity index (χ3v) is 3.96. The largest absolute Gasteiger partial charge is 0.343 e. The lowest BCUT2D eigenvalue weighted by atomic mass is 10.1. The lowest BCUT2D eigenvalue weighted by molar-refractivity contribution is -0.127. The number of nitrogens with zero attached hydrogens (tertiary/aromatic N) is 1. The van der Waals surface area contributed by atoms with Crippen LogP contribution in [0.5, 0.6) is 0 Å². The van der Waals surface area contributed by atoms with E-state index in [1.807, 2.05) is 6.92 Å². The molecular formula is C15H20Cl2FN3O2. The average molecular weight is 364 g/mol. The number of nitrogens with two attached hydrogens (primary N) is 1. The van der Waals surface area contributed by atoms with Crippen molar-refractivity contribution in [1.82, 2.24) is 5.32 Å². The number of halogens is 3. The molecule has 0 radical (unpaired) electrons. The maximum Gasteiger partial charge on any atom is 0.249 e. The quantitative estimate of drug-likeness (QED) is 0.842. The fourth-order valence-electron chi connectivity index (χ4n) is 2.44. The van der Waals surface area contributed by atoms with Gasteiger partial charge in [0.25, 0.3) is 0 Å². The van der Waals surface area contributed by atoms with Crippen LogP contribution in [0, 0.1) is 5.82 Å². The second-order valence-corrected chi connectivity index (χ2v) is 5.74. The topological polar surface area (TPSA) is 75.4 Å². The fraction of sp³-hybridized carbons (Fsp3) is 0.467. The Morgan fingerprint density at radius 3 is 2.87 bits per heavy atom. The zero-order valence-corrected chi connectivity index (χ0v) is 14.3. The Morgan fingerprint density at radius 2 is 2.26 bits per heavy atom. The van der Waals surface area contributed by atoms with E-state index in [0.29, 0.717) is 25.1 Å². The van der Waals surface area contributed by atoms with E-state index >= 15 is 0 Å². The molecule has 5 nitrogen and oxygen atoms in total. The normalized spacial score (nSPS) is 18.5. The summed E-state index contributed by atoms with van der Waals surface area (Å²) >= 11 is 5.74. The number of benzene rings is 1. The number of amides is 2. The molecule has 2 unspecified atom stereocenters. The van der Waals surface area contributed by atoms with Gasteiger partial charge in [-0.15, -0.1) is 12.4 Å². The highest BCUT2D eigenvalue weighted by atomic mass is 35.5. The van der Waals surface area contributed by atoms with Crippen LogP contribution in [-0.2, 0) is 9.59 Å². The summed E-state index contributed by atoms with van der Waals surface area (Å²) in [5, 5.41) is 2.64. The first-order valence-electron chi connectivity index (χ1n) is 7.26. The van der Waals surface area contributed by atoms with E-state index in [2.05, 4.69) is 5.32 Å². The molecule has 2 amide bonds.